The SMILES string of the molecule is O=[N+]([O-])c1cnc(NC2CC3CCC2O3)c(Cl)c1. The molecule has 2 saturated heterocycles. The smallest absolute Gasteiger partial charge is 0.289 e. The maximum absolute atomic E-state index is 10.6. The van der Waals surface area contributed by atoms with Crippen molar-refractivity contribution < 1.29 is 9.66 Å². The van der Waals surface area contributed by atoms with Crippen molar-refractivity contribution in [1.82, 2.24) is 4.98 Å². The summed E-state index contributed by atoms with van der Waals surface area (Å²) in [5.74, 6) is 0.489. The highest BCUT2D eigenvalue weighted by atomic mass is 35.5. The molecule has 1 N–H and O–H groups in total. The van der Waals surface area contributed by atoms with Crippen molar-refractivity contribution in [3.63, 3.8) is 0 Å². The molecular formula is C11H12ClN3O3. The Labute approximate surface area is 108 Å². The topological polar surface area (TPSA) is 77.3 Å². The number of aromatic nitrogens is 1. The summed E-state index contributed by atoms with van der Waals surface area (Å²) in [4.78, 5) is 14.1. The number of nitrogens with one attached hydrogen (secondary N) is 1. The van der Waals surface area contributed by atoms with Gasteiger partial charge in [-0.3, -0.25) is 10.1 Å². The Morgan fingerprint density at radius 2 is 2.39 bits per heavy atom. The van der Waals surface area contributed by atoms with Gasteiger partial charge in [0.05, 0.1) is 28.2 Å². The van der Waals surface area contributed by atoms with Crippen LogP contribution in [0.3, 0.4) is 0 Å². The van der Waals surface area contributed by atoms with Gasteiger partial charge in [-0.2, -0.15) is 0 Å². The molecule has 1 aromatic heterocycles. The predicted molar refractivity (Wildman–Crippen MR) is 65.8 cm³/mol. The second-order valence-electron chi connectivity index (χ2n) is 4.64. The van der Waals surface area contributed by atoms with Crippen LogP contribution in [0.4, 0.5) is 11.5 Å². The number of nitrogens with zero attached hydrogens (tertiary/aromatic N) is 2. The first-order valence-electron chi connectivity index (χ1n) is 5.85. The molecule has 96 valence electrons. The molecule has 2 aliphatic heterocycles. The molecule has 18 heavy (non-hydrogen) atoms. The first kappa shape index (κ1) is 11.7. The standard InChI is InChI=1S/C11H12ClN3O3/c12-8-3-6(15(16)17)5-13-11(8)14-9-4-7-1-2-10(9)18-7/h3,5,7,9-10H,1-2,4H2,(H,13,14). The fourth-order valence-electron chi connectivity index (χ4n) is 2.60. The molecule has 3 atom stereocenters. The van der Waals surface area contributed by atoms with Crippen molar-refractivity contribution >= 4 is 23.1 Å². The van der Waals surface area contributed by atoms with Crippen molar-refractivity contribution in [3.05, 3.63) is 27.4 Å². The lowest BCUT2D eigenvalue weighted by molar-refractivity contribution is -0.385. The third kappa shape index (κ3) is 2.02. The van der Waals surface area contributed by atoms with Crippen LogP contribution < -0.4 is 5.32 Å². The second-order valence-corrected chi connectivity index (χ2v) is 5.05. The number of hydrogen-bond acceptors (Lipinski definition) is 5. The highest BCUT2D eigenvalue weighted by Gasteiger charge is 2.41. The highest BCUT2D eigenvalue weighted by molar-refractivity contribution is 6.33. The zero-order valence-corrected chi connectivity index (χ0v) is 10.3. The average molecular weight is 270 g/mol. The zero-order chi connectivity index (χ0) is 12.7. The number of hydrogen-bond donors (Lipinski definition) is 1. The van der Waals surface area contributed by atoms with Crippen molar-refractivity contribution in [2.75, 3.05) is 5.32 Å². The number of fused-ring (bicyclic) bond motifs is 2. The zero-order valence-electron chi connectivity index (χ0n) is 9.51. The van der Waals surface area contributed by atoms with Crippen LogP contribution in [0.2, 0.25) is 5.02 Å². The van der Waals surface area contributed by atoms with Crippen LogP contribution in [-0.4, -0.2) is 28.2 Å². The molecule has 0 radical (unpaired) electrons. The Kier molecular flexibility index (Phi) is 2.83. The lowest BCUT2D eigenvalue weighted by Gasteiger charge is -2.20. The van der Waals surface area contributed by atoms with Crippen LogP contribution in [0.25, 0.3) is 0 Å². The fourth-order valence-corrected chi connectivity index (χ4v) is 2.81. The van der Waals surface area contributed by atoms with Crippen molar-refractivity contribution in [2.24, 2.45) is 0 Å². The summed E-state index contributed by atoms with van der Waals surface area (Å²) in [5, 5.41) is 14.1. The first-order chi connectivity index (χ1) is 8.63. The minimum absolute atomic E-state index is 0.102. The summed E-state index contributed by atoms with van der Waals surface area (Å²) in [5.41, 5.74) is -0.102. The van der Waals surface area contributed by atoms with Crippen LogP contribution in [0.1, 0.15) is 19.3 Å². The van der Waals surface area contributed by atoms with E-state index in [0.717, 1.165) is 19.3 Å². The van der Waals surface area contributed by atoms with E-state index in [2.05, 4.69) is 10.3 Å². The molecule has 2 bridgehead atoms. The van der Waals surface area contributed by atoms with E-state index in [4.69, 9.17) is 16.3 Å². The molecule has 7 heteroatoms. The molecule has 0 amide bonds. The molecule has 0 aliphatic carbocycles. The molecule has 0 saturated carbocycles. The van der Waals surface area contributed by atoms with Gasteiger partial charge < -0.3 is 10.1 Å². The first-order valence-corrected chi connectivity index (χ1v) is 6.23. The number of nitro groups is 1. The number of anilines is 1. The third-order valence-electron chi connectivity index (χ3n) is 3.47. The van der Waals surface area contributed by atoms with Crippen molar-refractivity contribution in [1.29, 1.82) is 0 Å². The van der Waals surface area contributed by atoms with Gasteiger partial charge in [0, 0.05) is 6.07 Å². The summed E-state index contributed by atoms with van der Waals surface area (Å²) in [6, 6.07) is 1.51. The van der Waals surface area contributed by atoms with E-state index in [0.29, 0.717) is 11.9 Å². The lowest BCUT2D eigenvalue weighted by atomic mass is 9.95. The number of ether oxygens (including phenoxy) is 1. The maximum atomic E-state index is 10.6. The number of halogens is 1. The molecule has 3 heterocycles. The van der Waals surface area contributed by atoms with Gasteiger partial charge in [0.15, 0.2) is 0 Å². The molecule has 6 nitrogen and oxygen atoms in total. The lowest BCUT2D eigenvalue weighted by Crippen LogP contribution is -2.30. The van der Waals surface area contributed by atoms with E-state index in [1.807, 2.05) is 0 Å². The predicted octanol–water partition coefficient (Wildman–Crippen LogP) is 2.38. The summed E-state index contributed by atoms with van der Waals surface area (Å²) in [6.45, 7) is 0. The molecule has 3 unspecified atom stereocenters. The third-order valence-corrected chi connectivity index (χ3v) is 3.75. The summed E-state index contributed by atoms with van der Waals surface area (Å²) < 4.78 is 5.72. The van der Waals surface area contributed by atoms with Crippen LogP contribution in [0, 0.1) is 10.1 Å². The van der Waals surface area contributed by atoms with E-state index < -0.39 is 4.92 Å². The van der Waals surface area contributed by atoms with Gasteiger partial charge in [-0.15, -0.1) is 0 Å². The molecular weight excluding hydrogens is 258 g/mol. The Hall–Kier alpha value is -1.40. The maximum Gasteiger partial charge on any atom is 0.289 e. The minimum Gasteiger partial charge on any atom is -0.373 e. The van der Waals surface area contributed by atoms with Crippen LogP contribution in [0.5, 0.6) is 0 Å². The molecule has 2 fully saturated rings. The van der Waals surface area contributed by atoms with Gasteiger partial charge in [0.25, 0.3) is 5.69 Å². The van der Waals surface area contributed by atoms with Gasteiger partial charge >= 0.3 is 0 Å². The van der Waals surface area contributed by atoms with Gasteiger partial charge in [0.1, 0.15) is 12.0 Å². The van der Waals surface area contributed by atoms with E-state index in [1.54, 1.807) is 0 Å². The minimum atomic E-state index is -0.511. The molecule has 0 spiro atoms. The van der Waals surface area contributed by atoms with E-state index in [9.17, 15) is 10.1 Å². The van der Waals surface area contributed by atoms with E-state index >= 15 is 0 Å². The summed E-state index contributed by atoms with van der Waals surface area (Å²) in [6.07, 6.45) is 4.87. The van der Waals surface area contributed by atoms with Gasteiger partial charge in [0.2, 0.25) is 0 Å². The van der Waals surface area contributed by atoms with Crippen LogP contribution >= 0.6 is 11.6 Å². The Balaban J connectivity index is 1.75. The van der Waals surface area contributed by atoms with Crippen LogP contribution in [-0.2, 0) is 4.74 Å². The van der Waals surface area contributed by atoms with Crippen molar-refractivity contribution in [2.45, 2.75) is 37.5 Å². The normalized spacial score (nSPS) is 29.5. The van der Waals surface area contributed by atoms with Gasteiger partial charge in [-0.1, -0.05) is 11.6 Å². The second kappa shape index (κ2) is 4.37. The average Bonchev–Trinajstić information content (AvgIpc) is 2.93. The van der Waals surface area contributed by atoms with Gasteiger partial charge in [-0.05, 0) is 19.3 Å². The molecule has 0 aromatic carbocycles. The Bertz CT molecular complexity index is 496. The largest absolute Gasteiger partial charge is 0.373 e. The van der Waals surface area contributed by atoms with E-state index in [-0.39, 0.29) is 22.9 Å². The number of pyridine rings is 1. The monoisotopic (exact) mass is 269 g/mol. The quantitative estimate of drug-likeness (QED) is 0.673. The van der Waals surface area contributed by atoms with Crippen LogP contribution in [0.15, 0.2) is 12.3 Å². The van der Waals surface area contributed by atoms with E-state index in [1.165, 1.54) is 12.3 Å². The van der Waals surface area contributed by atoms with Crippen molar-refractivity contribution in [3.8, 4) is 0 Å². The summed E-state index contributed by atoms with van der Waals surface area (Å²) >= 11 is 5.98. The summed E-state index contributed by atoms with van der Waals surface area (Å²) in [7, 11) is 0. The molecule has 3 rings (SSSR count). The number of rotatable bonds is 3. The Morgan fingerprint density at radius 1 is 1.56 bits per heavy atom. The fraction of sp³-hybridized carbons (Fsp3) is 0.545. The molecule has 1 aromatic rings. The highest BCUT2D eigenvalue weighted by Crippen LogP contribution is 2.36. The molecule has 2 aliphatic rings. The Morgan fingerprint density at radius 3 is 2.94 bits per heavy atom. The van der Waals surface area contributed by atoms with Gasteiger partial charge in [-0.25, -0.2) is 4.98 Å².